The average Bonchev–Trinajstić information content (AvgIpc) is 2.81. The minimum atomic E-state index is 0. The molecule has 2 aliphatic rings. The van der Waals surface area contributed by atoms with Gasteiger partial charge in [0.1, 0.15) is 0 Å². The Morgan fingerprint density at radius 3 is 2.59 bits per heavy atom. The number of rotatable bonds is 3. The van der Waals surface area contributed by atoms with Crippen LogP contribution in [0.4, 0.5) is 0 Å². The van der Waals surface area contributed by atoms with Gasteiger partial charge in [0.2, 0.25) is 0 Å². The lowest BCUT2D eigenvalue weighted by Gasteiger charge is -2.23. The second-order valence-electron chi connectivity index (χ2n) is 4.84. The maximum Gasteiger partial charge on any atom is 0.188 e. The first kappa shape index (κ1) is 15.0. The monoisotopic (exact) mass is 353 g/mol. The van der Waals surface area contributed by atoms with Crippen molar-refractivity contribution in [1.82, 2.24) is 5.32 Å². The molecule has 4 nitrogen and oxygen atoms in total. The van der Waals surface area contributed by atoms with E-state index < -0.39 is 0 Å². The molecule has 3 N–H and O–H groups in total. The first-order valence-electron chi connectivity index (χ1n) is 6.52. The van der Waals surface area contributed by atoms with Gasteiger partial charge in [-0.2, -0.15) is 0 Å². The maximum absolute atomic E-state index is 5.87. The fourth-order valence-electron chi connectivity index (χ4n) is 2.49. The van der Waals surface area contributed by atoms with Crippen LogP contribution >= 0.6 is 24.0 Å². The van der Waals surface area contributed by atoms with E-state index in [0.717, 1.165) is 19.4 Å². The lowest BCUT2D eigenvalue weighted by Crippen LogP contribution is -2.41. The van der Waals surface area contributed by atoms with E-state index in [9.17, 15) is 0 Å². The van der Waals surface area contributed by atoms with Gasteiger partial charge in [-0.05, 0) is 25.7 Å². The number of nitrogens with zero attached hydrogens (tertiary/aromatic N) is 1. The number of aliphatic imine (C=N–C) groups is 1. The van der Waals surface area contributed by atoms with Crippen LogP contribution in [-0.2, 0) is 4.74 Å². The average molecular weight is 353 g/mol. The lowest BCUT2D eigenvalue weighted by molar-refractivity contribution is 0.117. The molecule has 1 atom stereocenters. The van der Waals surface area contributed by atoms with E-state index in [2.05, 4.69) is 10.3 Å². The molecule has 0 aromatic carbocycles. The summed E-state index contributed by atoms with van der Waals surface area (Å²) >= 11 is 0. The zero-order valence-electron chi connectivity index (χ0n) is 10.4. The summed E-state index contributed by atoms with van der Waals surface area (Å²) < 4.78 is 5.50. The molecule has 1 saturated heterocycles. The van der Waals surface area contributed by atoms with Gasteiger partial charge in [0.05, 0.1) is 12.6 Å². The Kier molecular flexibility index (Phi) is 7.18. The van der Waals surface area contributed by atoms with Crippen molar-refractivity contribution in [3.05, 3.63) is 0 Å². The molecule has 0 radical (unpaired) electrons. The quantitative estimate of drug-likeness (QED) is 0.464. The molecule has 2 rings (SSSR count). The van der Waals surface area contributed by atoms with Crippen LogP contribution in [0.1, 0.15) is 44.9 Å². The van der Waals surface area contributed by atoms with Crippen molar-refractivity contribution in [2.24, 2.45) is 10.7 Å². The second-order valence-corrected chi connectivity index (χ2v) is 4.84. The van der Waals surface area contributed by atoms with Crippen LogP contribution in [0.15, 0.2) is 4.99 Å². The SMILES string of the molecule is I.NC(=NCC1CCCO1)NC1CCCCC1. The van der Waals surface area contributed by atoms with Crippen molar-refractivity contribution in [1.29, 1.82) is 0 Å². The van der Waals surface area contributed by atoms with Crippen LogP contribution < -0.4 is 11.1 Å². The van der Waals surface area contributed by atoms with Crippen molar-refractivity contribution in [2.45, 2.75) is 57.1 Å². The van der Waals surface area contributed by atoms with E-state index in [-0.39, 0.29) is 24.0 Å². The maximum atomic E-state index is 5.87. The number of nitrogens with two attached hydrogens (primary N) is 1. The predicted octanol–water partition coefficient (Wildman–Crippen LogP) is 2.02. The van der Waals surface area contributed by atoms with Gasteiger partial charge >= 0.3 is 0 Å². The van der Waals surface area contributed by atoms with E-state index in [1.165, 1.54) is 32.1 Å². The minimum absolute atomic E-state index is 0. The van der Waals surface area contributed by atoms with Crippen LogP contribution in [0.2, 0.25) is 0 Å². The van der Waals surface area contributed by atoms with Gasteiger partial charge in [0, 0.05) is 12.6 Å². The molecule has 0 aromatic rings. The van der Waals surface area contributed by atoms with Gasteiger partial charge in [-0.15, -0.1) is 24.0 Å². The zero-order chi connectivity index (χ0) is 11.2. The van der Waals surface area contributed by atoms with Crippen LogP contribution in [0.25, 0.3) is 0 Å². The van der Waals surface area contributed by atoms with Crippen LogP contribution in [0, 0.1) is 0 Å². The predicted molar refractivity (Wildman–Crippen MR) is 80.9 cm³/mol. The molecule has 0 spiro atoms. The smallest absolute Gasteiger partial charge is 0.188 e. The number of guanidine groups is 1. The Hall–Kier alpha value is -0.0400. The van der Waals surface area contributed by atoms with Gasteiger partial charge in [-0.25, -0.2) is 0 Å². The van der Waals surface area contributed by atoms with Gasteiger partial charge in [-0.3, -0.25) is 4.99 Å². The Labute approximate surface area is 121 Å². The molecule has 2 fully saturated rings. The van der Waals surface area contributed by atoms with Crippen molar-refractivity contribution in [3.8, 4) is 0 Å². The molecule has 0 aromatic heterocycles. The molecule has 100 valence electrons. The second kappa shape index (κ2) is 8.13. The van der Waals surface area contributed by atoms with Gasteiger partial charge < -0.3 is 15.8 Å². The number of hydrogen-bond acceptors (Lipinski definition) is 2. The zero-order valence-corrected chi connectivity index (χ0v) is 12.7. The summed E-state index contributed by atoms with van der Waals surface area (Å²) in [5, 5.41) is 3.31. The molecular formula is C12H24IN3O. The summed E-state index contributed by atoms with van der Waals surface area (Å²) in [4.78, 5) is 4.36. The van der Waals surface area contributed by atoms with E-state index in [4.69, 9.17) is 10.5 Å². The van der Waals surface area contributed by atoms with Crippen LogP contribution in [0.5, 0.6) is 0 Å². The fourth-order valence-corrected chi connectivity index (χ4v) is 2.49. The first-order chi connectivity index (χ1) is 7.84. The summed E-state index contributed by atoms with van der Waals surface area (Å²) in [6.07, 6.45) is 9.05. The highest BCUT2D eigenvalue weighted by Crippen LogP contribution is 2.17. The molecule has 0 bridgehead atoms. The summed E-state index contributed by atoms with van der Waals surface area (Å²) in [6, 6.07) is 0.544. The summed E-state index contributed by atoms with van der Waals surface area (Å²) in [6.45, 7) is 1.60. The van der Waals surface area contributed by atoms with Gasteiger partial charge in [0.25, 0.3) is 0 Å². The van der Waals surface area contributed by atoms with Gasteiger partial charge in [0.15, 0.2) is 5.96 Å². The highest BCUT2D eigenvalue weighted by atomic mass is 127. The summed E-state index contributed by atoms with van der Waals surface area (Å²) in [5.74, 6) is 0.599. The first-order valence-corrected chi connectivity index (χ1v) is 6.52. The van der Waals surface area contributed by atoms with E-state index in [0.29, 0.717) is 24.7 Å². The molecule has 5 heteroatoms. The van der Waals surface area contributed by atoms with E-state index >= 15 is 0 Å². The van der Waals surface area contributed by atoms with Crippen molar-refractivity contribution in [3.63, 3.8) is 0 Å². The van der Waals surface area contributed by atoms with Crippen LogP contribution in [0.3, 0.4) is 0 Å². The highest BCUT2D eigenvalue weighted by molar-refractivity contribution is 14.0. The Balaban J connectivity index is 0.00000144. The Bertz CT molecular complexity index is 236. The number of halogens is 1. The summed E-state index contributed by atoms with van der Waals surface area (Å²) in [7, 11) is 0. The minimum Gasteiger partial charge on any atom is -0.376 e. The standard InChI is InChI=1S/C12H23N3O.HI/c13-12(14-9-11-7-4-8-16-11)15-10-5-2-1-3-6-10;/h10-11H,1-9H2,(H3,13,14,15);1H. The third-order valence-electron chi connectivity index (χ3n) is 3.45. The molecule has 1 saturated carbocycles. The molecule has 1 heterocycles. The van der Waals surface area contributed by atoms with Crippen molar-refractivity contribution in [2.75, 3.05) is 13.2 Å². The van der Waals surface area contributed by atoms with E-state index in [1.807, 2.05) is 0 Å². The molecule has 1 aliphatic heterocycles. The van der Waals surface area contributed by atoms with Gasteiger partial charge in [-0.1, -0.05) is 19.3 Å². The summed E-state index contributed by atoms with van der Waals surface area (Å²) in [5.41, 5.74) is 5.87. The third-order valence-corrected chi connectivity index (χ3v) is 3.45. The fraction of sp³-hybridized carbons (Fsp3) is 0.917. The molecule has 17 heavy (non-hydrogen) atoms. The lowest BCUT2D eigenvalue weighted by atomic mass is 9.96. The Morgan fingerprint density at radius 2 is 1.94 bits per heavy atom. The van der Waals surface area contributed by atoms with Crippen LogP contribution in [-0.4, -0.2) is 31.3 Å². The normalized spacial score (nSPS) is 26.6. The molecule has 1 unspecified atom stereocenters. The number of hydrogen-bond donors (Lipinski definition) is 2. The largest absolute Gasteiger partial charge is 0.376 e. The topological polar surface area (TPSA) is 59.6 Å². The third kappa shape index (κ3) is 5.42. The molecule has 0 amide bonds. The molecular weight excluding hydrogens is 329 g/mol. The van der Waals surface area contributed by atoms with Crippen molar-refractivity contribution < 1.29 is 4.74 Å². The van der Waals surface area contributed by atoms with E-state index in [1.54, 1.807) is 0 Å². The van der Waals surface area contributed by atoms with Crippen molar-refractivity contribution >= 4 is 29.9 Å². The highest BCUT2D eigenvalue weighted by Gasteiger charge is 2.16. The molecule has 1 aliphatic carbocycles. The number of nitrogens with one attached hydrogen (secondary N) is 1. The Morgan fingerprint density at radius 1 is 1.18 bits per heavy atom. The number of ether oxygens (including phenoxy) is 1.